The van der Waals surface area contributed by atoms with E-state index in [1.807, 2.05) is 43.0 Å². The van der Waals surface area contributed by atoms with E-state index in [4.69, 9.17) is 9.15 Å². The molecule has 8 nitrogen and oxygen atoms in total. The highest BCUT2D eigenvalue weighted by Crippen LogP contribution is 2.27. The van der Waals surface area contributed by atoms with Gasteiger partial charge in [-0.2, -0.15) is 4.98 Å². The van der Waals surface area contributed by atoms with Crippen molar-refractivity contribution >= 4 is 40.5 Å². The molecule has 2 heterocycles. The third-order valence-corrected chi connectivity index (χ3v) is 5.81. The fraction of sp³-hybridized carbons (Fsp3) is 0.385. The van der Waals surface area contributed by atoms with Gasteiger partial charge in [0.15, 0.2) is 18.0 Å². The second kappa shape index (κ2) is 10.5. The van der Waals surface area contributed by atoms with Crippen LogP contribution in [-0.4, -0.2) is 42.3 Å². The fourth-order valence-corrected chi connectivity index (χ4v) is 3.96. The van der Waals surface area contributed by atoms with Crippen LogP contribution in [0.2, 0.25) is 0 Å². The molecule has 0 unspecified atom stereocenters. The zero-order valence-electron chi connectivity index (χ0n) is 19.5. The molecule has 1 amide bonds. The number of anilines is 2. The van der Waals surface area contributed by atoms with E-state index in [-0.39, 0.29) is 36.1 Å². The number of carbonyl (C=O) groups excluding carboxylic acids is 3. The van der Waals surface area contributed by atoms with E-state index < -0.39 is 0 Å². The summed E-state index contributed by atoms with van der Waals surface area (Å²) in [6.45, 7) is 4.91. The number of amides is 1. The van der Waals surface area contributed by atoms with Gasteiger partial charge in [0.2, 0.25) is 5.91 Å². The van der Waals surface area contributed by atoms with Crippen LogP contribution in [0.1, 0.15) is 43.5 Å². The summed E-state index contributed by atoms with van der Waals surface area (Å²) < 4.78 is 11.1. The summed E-state index contributed by atoms with van der Waals surface area (Å²) in [4.78, 5) is 43.3. The summed E-state index contributed by atoms with van der Waals surface area (Å²) in [5, 5.41) is 2.80. The van der Waals surface area contributed by atoms with E-state index >= 15 is 0 Å². The Morgan fingerprint density at radius 3 is 2.47 bits per heavy atom. The lowest BCUT2D eigenvalue weighted by Crippen LogP contribution is -2.37. The molecule has 1 N–H and O–H groups in total. The molecule has 2 aromatic carbocycles. The first-order valence-electron chi connectivity index (χ1n) is 11.6. The number of Topliss-reactive ketones (excluding diaryl/α,β-unsaturated/α-hetero) is 1. The maximum absolute atomic E-state index is 12.5. The number of hydrogen-bond donors (Lipinski definition) is 1. The Hall–Kier alpha value is -3.68. The van der Waals surface area contributed by atoms with Crippen molar-refractivity contribution in [3.63, 3.8) is 0 Å². The molecule has 1 saturated heterocycles. The van der Waals surface area contributed by atoms with Gasteiger partial charge in [0, 0.05) is 30.8 Å². The Morgan fingerprint density at radius 2 is 1.79 bits per heavy atom. The van der Waals surface area contributed by atoms with E-state index in [0.29, 0.717) is 49.6 Å². The van der Waals surface area contributed by atoms with Crippen molar-refractivity contribution in [1.82, 2.24) is 4.98 Å². The van der Waals surface area contributed by atoms with Crippen molar-refractivity contribution in [3.8, 4) is 0 Å². The number of ketones is 1. The molecule has 1 aliphatic rings. The van der Waals surface area contributed by atoms with E-state index in [0.717, 1.165) is 11.1 Å². The fourth-order valence-electron chi connectivity index (χ4n) is 3.96. The highest BCUT2D eigenvalue weighted by atomic mass is 16.5. The SMILES string of the molecule is CC(C)CC(=O)Nc1ccc(C(=O)COC(=O)C2CCN(c3nc4ccccc4o3)CC2)cc1. The molecule has 1 aliphatic heterocycles. The molecular formula is C26H29N3O5. The summed E-state index contributed by atoms with van der Waals surface area (Å²) >= 11 is 0. The van der Waals surface area contributed by atoms with Crippen LogP contribution < -0.4 is 10.2 Å². The molecule has 178 valence electrons. The third kappa shape index (κ3) is 5.81. The number of oxazole rings is 1. The van der Waals surface area contributed by atoms with Crippen molar-refractivity contribution in [1.29, 1.82) is 0 Å². The Bertz CT molecular complexity index is 1130. The maximum Gasteiger partial charge on any atom is 0.309 e. The Morgan fingerprint density at radius 1 is 1.09 bits per heavy atom. The normalized spacial score (nSPS) is 14.4. The first kappa shape index (κ1) is 23.5. The minimum Gasteiger partial charge on any atom is -0.457 e. The van der Waals surface area contributed by atoms with Gasteiger partial charge in [0.05, 0.1) is 5.92 Å². The summed E-state index contributed by atoms with van der Waals surface area (Å²) in [7, 11) is 0. The maximum atomic E-state index is 12.5. The smallest absolute Gasteiger partial charge is 0.309 e. The number of nitrogens with one attached hydrogen (secondary N) is 1. The number of para-hydroxylation sites is 2. The highest BCUT2D eigenvalue weighted by Gasteiger charge is 2.28. The van der Waals surface area contributed by atoms with Gasteiger partial charge in [-0.15, -0.1) is 0 Å². The molecule has 0 spiro atoms. The number of piperidine rings is 1. The molecule has 3 aromatic rings. The van der Waals surface area contributed by atoms with E-state index in [2.05, 4.69) is 10.3 Å². The van der Waals surface area contributed by atoms with E-state index in [1.54, 1.807) is 24.3 Å². The topological polar surface area (TPSA) is 102 Å². The van der Waals surface area contributed by atoms with E-state index in [1.165, 1.54) is 0 Å². The number of nitrogens with zero attached hydrogens (tertiary/aromatic N) is 2. The summed E-state index contributed by atoms with van der Waals surface area (Å²) in [5.74, 6) is -0.692. The number of aromatic nitrogens is 1. The quantitative estimate of drug-likeness (QED) is 0.389. The molecule has 8 heteroatoms. The number of fused-ring (bicyclic) bond motifs is 1. The molecule has 0 radical (unpaired) electrons. The third-order valence-electron chi connectivity index (χ3n) is 5.81. The molecule has 34 heavy (non-hydrogen) atoms. The standard InChI is InChI=1S/C26H29N3O5/c1-17(2)15-24(31)27-20-9-7-18(8-10-20)22(30)16-33-25(32)19-11-13-29(14-12-19)26-28-21-5-3-4-6-23(21)34-26/h3-10,17,19H,11-16H2,1-2H3,(H,27,31). The zero-order valence-corrected chi connectivity index (χ0v) is 19.5. The van der Waals surface area contributed by atoms with Crippen molar-refractivity contribution < 1.29 is 23.5 Å². The van der Waals surface area contributed by atoms with Crippen LogP contribution in [-0.2, 0) is 14.3 Å². The van der Waals surface area contributed by atoms with Gasteiger partial charge in [-0.3, -0.25) is 14.4 Å². The second-order valence-electron chi connectivity index (χ2n) is 8.98. The Labute approximate surface area is 198 Å². The van der Waals surface area contributed by atoms with Crippen LogP contribution in [0.5, 0.6) is 0 Å². The van der Waals surface area contributed by atoms with Gasteiger partial charge >= 0.3 is 5.97 Å². The van der Waals surface area contributed by atoms with Crippen molar-refractivity contribution in [2.45, 2.75) is 33.1 Å². The lowest BCUT2D eigenvalue weighted by molar-refractivity contribution is -0.148. The minimum absolute atomic E-state index is 0.0647. The number of ether oxygens (including phenoxy) is 1. The zero-order chi connectivity index (χ0) is 24.1. The average molecular weight is 464 g/mol. The predicted octanol–water partition coefficient (Wildman–Crippen LogP) is 4.45. The van der Waals surface area contributed by atoms with Crippen LogP contribution in [0.25, 0.3) is 11.1 Å². The molecule has 1 fully saturated rings. The van der Waals surface area contributed by atoms with Crippen LogP contribution in [0, 0.1) is 11.8 Å². The number of benzene rings is 2. The van der Waals surface area contributed by atoms with Crippen LogP contribution in [0.15, 0.2) is 52.9 Å². The van der Waals surface area contributed by atoms with Gasteiger partial charge in [-0.25, -0.2) is 0 Å². The first-order chi connectivity index (χ1) is 16.4. The molecular weight excluding hydrogens is 434 g/mol. The molecule has 4 rings (SSSR count). The van der Waals surface area contributed by atoms with Gasteiger partial charge < -0.3 is 19.4 Å². The predicted molar refractivity (Wildman–Crippen MR) is 129 cm³/mol. The van der Waals surface area contributed by atoms with Gasteiger partial charge in [0.25, 0.3) is 6.01 Å². The van der Waals surface area contributed by atoms with Crippen LogP contribution in [0.3, 0.4) is 0 Å². The second-order valence-corrected chi connectivity index (χ2v) is 8.98. The lowest BCUT2D eigenvalue weighted by atomic mass is 9.97. The summed E-state index contributed by atoms with van der Waals surface area (Å²) in [5.41, 5.74) is 2.61. The van der Waals surface area contributed by atoms with Crippen LogP contribution in [0.4, 0.5) is 11.7 Å². The van der Waals surface area contributed by atoms with Crippen molar-refractivity contribution in [3.05, 3.63) is 54.1 Å². The largest absolute Gasteiger partial charge is 0.457 e. The van der Waals surface area contributed by atoms with Crippen molar-refractivity contribution in [2.75, 3.05) is 29.9 Å². The number of rotatable bonds is 8. The first-order valence-corrected chi connectivity index (χ1v) is 11.6. The number of carbonyl (C=O) groups is 3. The lowest BCUT2D eigenvalue weighted by Gasteiger charge is -2.29. The number of esters is 1. The van der Waals surface area contributed by atoms with Gasteiger partial charge in [0.1, 0.15) is 5.52 Å². The van der Waals surface area contributed by atoms with Crippen LogP contribution >= 0.6 is 0 Å². The molecule has 1 aromatic heterocycles. The summed E-state index contributed by atoms with van der Waals surface area (Å²) in [6, 6.07) is 14.8. The highest BCUT2D eigenvalue weighted by molar-refractivity contribution is 5.99. The Kier molecular flexibility index (Phi) is 7.25. The summed E-state index contributed by atoms with van der Waals surface area (Å²) in [6.07, 6.45) is 1.65. The molecule has 0 saturated carbocycles. The number of hydrogen-bond acceptors (Lipinski definition) is 7. The van der Waals surface area contributed by atoms with Crippen molar-refractivity contribution in [2.24, 2.45) is 11.8 Å². The Balaban J connectivity index is 1.23. The van der Waals surface area contributed by atoms with E-state index in [9.17, 15) is 14.4 Å². The molecule has 0 bridgehead atoms. The minimum atomic E-state index is -0.358. The molecule has 0 aliphatic carbocycles. The van der Waals surface area contributed by atoms with Gasteiger partial charge in [-0.1, -0.05) is 26.0 Å². The average Bonchev–Trinajstić information content (AvgIpc) is 3.27. The van der Waals surface area contributed by atoms with Gasteiger partial charge in [-0.05, 0) is 55.2 Å². The monoisotopic (exact) mass is 463 g/mol. The molecule has 0 atom stereocenters.